The molecule has 11 aromatic rings. The Morgan fingerprint density at radius 1 is 0.397 bits per heavy atom. The van der Waals surface area contributed by atoms with E-state index in [9.17, 15) is 31.6 Å². The summed E-state index contributed by atoms with van der Waals surface area (Å²) in [7, 11) is 0. The molecule has 0 amide bonds. The maximum Gasteiger partial charge on any atom is 0.417 e. The molecule has 0 spiro atoms. The van der Waals surface area contributed by atoms with E-state index in [2.05, 4.69) is 57.7 Å². The number of halogens is 6. The van der Waals surface area contributed by atoms with Gasteiger partial charge in [0.1, 0.15) is 0 Å². The third-order valence-electron chi connectivity index (χ3n) is 12.9. The van der Waals surface area contributed by atoms with Gasteiger partial charge in [0, 0.05) is 32.7 Å². The summed E-state index contributed by atoms with van der Waals surface area (Å²) in [6.07, 6.45) is -10.1. The van der Waals surface area contributed by atoms with Crippen molar-refractivity contribution in [3.05, 3.63) is 216 Å². The van der Waals surface area contributed by atoms with Crippen molar-refractivity contribution in [3.63, 3.8) is 0 Å². The van der Waals surface area contributed by atoms with Crippen molar-refractivity contribution < 1.29 is 26.3 Å². The van der Waals surface area contributed by atoms with Gasteiger partial charge in [0.15, 0.2) is 0 Å². The van der Waals surface area contributed by atoms with E-state index in [0.717, 1.165) is 83.1 Å². The number of nitrogens with zero attached hydrogens (tertiary/aromatic N) is 3. The van der Waals surface area contributed by atoms with Crippen LogP contribution in [0.15, 0.2) is 188 Å². The maximum atomic E-state index is 15.0. The van der Waals surface area contributed by atoms with E-state index in [0.29, 0.717) is 28.6 Å². The predicted octanol–water partition coefficient (Wildman–Crippen LogP) is 17.1. The van der Waals surface area contributed by atoms with Gasteiger partial charge in [-0.1, -0.05) is 126 Å². The smallest absolute Gasteiger partial charge is 0.309 e. The van der Waals surface area contributed by atoms with Crippen LogP contribution in [0.25, 0.3) is 99.5 Å². The van der Waals surface area contributed by atoms with Gasteiger partial charge in [-0.25, -0.2) is 0 Å². The zero-order valence-corrected chi connectivity index (χ0v) is 36.5. The van der Waals surface area contributed by atoms with Crippen molar-refractivity contribution in [2.45, 2.75) is 26.2 Å². The summed E-state index contributed by atoms with van der Waals surface area (Å²) in [5.74, 6) is 0. The first-order valence-corrected chi connectivity index (χ1v) is 21.9. The number of rotatable bonds is 6. The third-order valence-corrected chi connectivity index (χ3v) is 12.9. The van der Waals surface area contributed by atoms with Crippen LogP contribution in [0.2, 0.25) is 0 Å². The van der Waals surface area contributed by atoms with E-state index in [1.54, 1.807) is 24.3 Å². The molecule has 11 rings (SSSR count). The van der Waals surface area contributed by atoms with E-state index in [4.69, 9.17) is 0 Å². The second-order valence-electron chi connectivity index (χ2n) is 17.2. The lowest BCUT2D eigenvalue weighted by Crippen LogP contribution is -2.12. The van der Waals surface area contributed by atoms with Crippen molar-refractivity contribution in [3.8, 4) is 62.0 Å². The minimum atomic E-state index is -5.13. The lowest BCUT2D eigenvalue weighted by molar-refractivity contribution is -0.142. The molecule has 0 bridgehead atoms. The molecule has 0 atom stereocenters. The van der Waals surface area contributed by atoms with Gasteiger partial charge in [-0.2, -0.15) is 31.6 Å². The standard InChI is InChI=1S/C59H37F6N3/c1-35-10-7-12-37(28-35)39-20-25-53-47(30-39)45-15-3-5-17-51(45)67(53)55-27-22-41(44-24-23-43(58(60,61)62)33-50(44)59(63,64)65)32-49(55)57-42(34-66)14-9-19-56(57)68-52-18-6-4-16-46(52)48-31-40(21-26-54(48)68)38-13-8-11-36(2)29-38/h3-33H,1-2H3. The van der Waals surface area contributed by atoms with E-state index >= 15 is 0 Å². The largest absolute Gasteiger partial charge is 0.417 e. The summed E-state index contributed by atoms with van der Waals surface area (Å²) in [5, 5.41) is 14.8. The lowest BCUT2D eigenvalue weighted by Gasteiger charge is -2.22. The minimum Gasteiger partial charge on any atom is -0.309 e. The van der Waals surface area contributed by atoms with Crippen LogP contribution < -0.4 is 0 Å². The van der Waals surface area contributed by atoms with Gasteiger partial charge in [-0.05, 0) is 120 Å². The second kappa shape index (κ2) is 15.9. The predicted molar refractivity (Wildman–Crippen MR) is 261 cm³/mol. The Hall–Kier alpha value is -8.35. The van der Waals surface area contributed by atoms with Crippen LogP contribution in [0, 0.1) is 25.2 Å². The SMILES string of the molecule is Cc1cccc(-c2ccc3c(c2)c2ccccc2n3-c2ccc(-c3ccc(C(F)(F)F)cc3C(F)(F)F)cc2-c2c(C#N)cccc2-n2c3ccccc3c3cc(-c4cccc(C)c4)ccc32)c1. The lowest BCUT2D eigenvalue weighted by atomic mass is 9.90. The van der Waals surface area contributed by atoms with E-state index < -0.39 is 29.0 Å². The number of hydrogen-bond acceptors (Lipinski definition) is 1. The monoisotopic (exact) mass is 901 g/mol. The van der Waals surface area contributed by atoms with Crippen molar-refractivity contribution >= 4 is 43.6 Å². The summed E-state index contributed by atoms with van der Waals surface area (Å²) in [4.78, 5) is 0. The van der Waals surface area contributed by atoms with E-state index in [1.165, 1.54) is 6.07 Å². The number of aryl methyl sites for hydroxylation is 2. The Bertz CT molecular complexity index is 3880. The molecule has 9 heteroatoms. The molecule has 68 heavy (non-hydrogen) atoms. The molecule has 330 valence electrons. The highest BCUT2D eigenvalue weighted by Crippen LogP contribution is 2.47. The Labute approximate surface area is 387 Å². The molecule has 0 radical (unpaired) electrons. The van der Waals surface area contributed by atoms with Crippen LogP contribution in [0.5, 0.6) is 0 Å². The van der Waals surface area contributed by atoms with Gasteiger partial charge in [0.05, 0.1) is 56.2 Å². The summed E-state index contributed by atoms with van der Waals surface area (Å²) in [6, 6.07) is 59.0. The maximum absolute atomic E-state index is 15.0. The Balaban J connectivity index is 1.24. The van der Waals surface area contributed by atoms with Crippen molar-refractivity contribution in [2.24, 2.45) is 0 Å². The van der Waals surface area contributed by atoms with Gasteiger partial charge in [0.25, 0.3) is 0 Å². The van der Waals surface area contributed by atoms with Crippen LogP contribution >= 0.6 is 0 Å². The molecule has 9 aromatic carbocycles. The average Bonchev–Trinajstić information content (AvgIpc) is 3.85. The number of aromatic nitrogens is 2. The van der Waals surface area contributed by atoms with Crippen LogP contribution in [-0.2, 0) is 12.4 Å². The first-order valence-electron chi connectivity index (χ1n) is 21.9. The highest BCUT2D eigenvalue weighted by atomic mass is 19.4. The first-order chi connectivity index (χ1) is 32.8. The van der Waals surface area contributed by atoms with Crippen LogP contribution in [-0.4, -0.2) is 9.13 Å². The first kappa shape index (κ1) is 42.3. The van der Waals surface area contributed by atoms with Gasteiger partial charge in [0.2, 0.25) is 0 Å². The topological polar surface area (TPSA) is 33.6 Å². The van der Waals surface area contributed by atoms with E-state index in [-0.39, 0.29) is 17.2 Å². The summed E-state index contributed by atoms with van der Waals surface area (Å²) >= 11 is 0. The molecule has 2 aromatic heterocycles. The Morgan fingerprint density at radius 2 is 0.912 bits per heavy atom. The molecular formula is C59H37F6N3. The zero-order chi connectivity index (χ0) is 47.1. The van der Waals surface area contributed by atoms with Crippen molar-refractivity contribution in [2.75, 3.05) is 0 Å². The number of nitriles is 1. The molecule has 0 aliphatic carbocycles. The normalized spacial score (nSPS) is 12.1. The highest BCUT2D eigenvalue weighted by Gasteiger charge is 2.38. The van der Waals surface area contributed by atoms with Gasteiger partial charge < -0.3 is 9.13 Å². The van der Waals surface area contributed by atoms with Crippen LogP contribution in [0.1, 0.15) is 27.8 Å². The number of alkyl halides is 6. The number of para-hydroxylation sites is 2. The van der Waals surface area contributed by atoms with E-state index in [1.807, 2.05) is 111 Å². The van der Waals surface area contributed by atoms with Crippen molar-refractivity contribution in [1.82, 2.24) is 9.13 Å². The third kappa shape index (κ3) is 7.08. The molecule has 0 unspecified atom stereocenters. The number of benzene rings is 9. The fourth-order valence-corrected chi connectivity index (χ4v) is 9.88. The molecule has 0 aliphatic heterocycles. The number of hydrogen-bond donors (Lipinski definition) is 0. The summed E-state index contributed by atoms with van der Waals surface area (Å²) < 4.78 is 91.0. The van der Waals surface area contributed by atoms with Gasteiger partial charge >= 0.3 is 12.4 Å². The van der Waals surface area contributed by atoms with Crippen LogP contribution in [0.4, 0.5) is 26.3 Å². The highest BCUT2D eigenvalue weighted by molar-refractivity contribution is 6.13. The molecule has 0 fully saturated rings. The Morgan fingerprint density at radius 3 is 1.46 bits per heavy atom. The molecular weight excluding hydrogens is 865 g/mol. The number of fused-ring (bicyclic) bond motifs is 6. The molecule has 0 N–H and O–H groups in total. The minimum absolute atomic E-state index is 0.0241. The molecule has 2 heterocycles. The summed E-state index contributed by atoms with van der Waals surface area (Å²) in [6.45, 7) is 4.08. The van der Waals surface area contributed by atoms with Gasteiger partial charge in [-0.3, -0.25) is 0 Å². The Kier molecular flexibility index (Phi) is 9.90. The molecule has 3 nitrogen and oxygen atoms in total. The zero-order valence-electron chi connectivity index (χ0n) is 36.5. The summed E-state index contributed by atoms with van der Waals surface area (Å²) in [5.41, 5.74) is 8.58. The molecule has 0 saturated carbocycles. The van der Waals surface area contributed by atoms with Crippen molar-refractivity contribution in [1.29, 1.82) is 5.26 Å². The fourth-order valence-electron chi connectivity index (χ4n) is 9.88. The second-order valence-corrected chi connectivity index (χ2v) is 17.2. The quantitative estimate of drug-likeness (QED) is 0.153. The van der Waals surface area contributed by atoms with Crippen LogP contribution in [0.3, 0.4) is 0 Å². The average molecular weight is 902 g/mol. The fraction of sp³-hybridized carbons (Fsp3) is 0.0678. The van der Waals surface area contributed by atoms with Gasteiger partial charge in [-0.15, -0.1) is 0 Å². The molecule has 0 saturated heterocycles. The molecule has 0 aliphatic rings.